The zero-order chi connectivity index (χ0) is 13.2. The molecule has 1 unspecified atom stereocenters. The molecule has 0 radical (unpaired) electrons. The topological polar surface area (TPSA) is 38.0 Å². The summed E-state index contributed by atoms with van der Waals surface area (Å²) >= 11 is 0. The molecule has 0 heterocycles. The molecule has 1 atom stereocenters. The van der Waals surface area contributed by atoms with E-state index >= 15 is 0 Å². The summed E-state index contributed by atoms with van der Waals surface area (Å²) in [7, 11) is 0. The molecule has 2 heteroatoms. The Bertz CT molecular complexity index is 206. The third-order valence-corrected chi connectivity index (χ3v) is 2.89. The molecule has 0 amide bonds. The molecule has 16 heavy (non-hydrogen) atoms. The van der Waals surface area contributed by atoms with E-state index in [0.29, 0.717) is 5.41 Å². The van der Waals surface area contributed by atoms with Crippen molar-refractivity contribution in [2.75, 3.05) is 6.54 Å². The van der Waals surface area contributed by atoms with Crippen molar-refractivity contribution in [1.82, 2.24) is 5.32 Å². The fourth-order valence-corrected chi connectivity index (χ4v) is 2.08. The molecule has 0 aliphatic rings. The Morgan fingerprint density at radius 1 is 0.938 bits per heavy atom. The lowest BCUT2D eigenvalue weighted by molar-refractivity contribution is 0.219. The second-order valence-electron chi connectivity index (χ2n) is 7.97. The molecule has 0 saturated carbocycles. The summed E-state index contributed by atoms with van der Waals surface area (Å²) < 4.78 is 0. The van der Waals surface area contributed by atoms with Crippen molar-refractivity contribution >= 4 is 0 Å². The first-order chi connectivity index (χ1) is 6.83. The van der Waals surface area contributed by atoms with E-state index in [1.54, 1.807) is 0 Å². The molecule has 0 aliphatic carbocycles. The van der Waals surface area contributed by atoms with E-state index in [1.165, 1.54) is 0 Å². The predicted octanol–water partition coefficient (Wildman–Crippen LogP) is 3.16. The van der Waals surface area contributed by atoms with Crippen LogP contribution in [-0.2, 0) is 0 Å². The molecule has 0 aromatic rings. The minimum atomic E-state index is 0.154. The molecule has 3 N–H and O–H groups in total. The minimum absolute atomic E-state index is 0.154. The van der Waals surface area contributed by atoms with Crippen molar-refractivity contribution in [2.24, 2.45) is 16.6 Å². The van der Waals surface area contributed by atoms with Gasteiger partial charge in [-0.05, 0) is 31.1 Å². The fraction of sp³-hybridized carbons (Fsp3) is 1.00. The minimum Gasteiger partial charge on any atom is -0.326 e. The summed E-state index contributed by atoms with van der Waals surface area (Å²) in [5, 5.41) is 3.60. The molecule has 0 spiro atoms. The van der Waals surface area contributed by atoms with Crippen molar-refractivity contribution < 1.29 is 0 Å². The Labute approximate surface area is 102 Å². The maximum absolute atomic E-state index is 6.16. The molecular formula is C14H32N2. The molecule has 0 rings (SSSR count). The first-order valence-corrected chi connectivity index (χ1v) is 6.34. The van der Waals surface area contributed by atoms with Gasteiger partial charge in [0.1, 0.15) is 0 Å². The van der Waals surface area contributed by atoms with Gasteiger partial charge in [0.25, 0.3) is 0 Å². The van der Waals surface area contributed by atoms with Gasteiger partial charge in [-0.15, -0.1) is 0 Å². The van der Waals surface area contributed by atoms with Gasteiger partial charge >= 0.3 is 0 Å². The van der Waals surface area contributed by atoms with E-state index in [1.807, 2.05) is 0 Å². The van der Waals surface area contributed by atoms with Gasteiger partial charge in [-0.1, -0.05) is 41.5 Å². The molecule has 0 aromatic heterocycles. The van der Waals surface area contributed by atoms with E-state index in [4.69, 9.17) is 5.73 Å². The largest absolute Gasteiger partial charge is 0.326 e. The molecule has 98 valence electrons. The van der Waals surface area contributed by atoms with E-state index in [9.17, 15) is 0 Å². The smallest absolute Gasteiger partial charge is 0.0214 e. The van der Waals surface area contributed by atoms with Crippen molar-refractivity contribution in [3.63, 3.8) is 0 Å². The van der Waals surface area contributed by atoms with Gasteiger partial charge in [-0.25, -0.2) is 0 Å². The highest BCUT2D eigenvalue weighted by atomic mass is 15.0. The van der Waals surface area contributed by atoms with Crippen LogP contribution in [0.4, 0.5) is 0 Å². The highest BCUT2D eigenvalue weighted by Crippen LogP contribution is 2.27. The van der Waals surface area contributed by atoms with Gasteiger partial charge in [0.05, 0.1) is 0 Å². The zero-order valence-corrected chi connectivity index (χ0v) is 12.6. The predicted molar refractivity (Wildman–Crippen MR) is 73.6 cm³/mol. The van der Waals surface area contributed by atoms with Gasteiger partial charge in [-0.3, -0.25) is 0 Å². The third kappa shape index (κ3) is 7.24. The average Bonchev–Trinajstić information content (AvgIpc) is 1.93. The number of nitrogens with two attached hydrogens (primary N) is 1. The molecule has 0 aromatic carbocycles. The van der Waals surface area contributed by atoms with E-state index in [0.717, 1.165) is 13.0 Å². The lowest BCUT2D eigenvalue weighted by Gasteiger charge is -2.36. The van der Waals surface area contributed by atoms with Gasteiger partial charge in [0, 0.05) is 18.1 Å². The van der Waals surface area contributed by atoms with Crippen LogP contribution in [-0.4, -0.2) is 18.1 Å². The Morgan fingerprint density at radius 2 is 1.38 bits per heavy atom. The Morgan fingerprint density at radius 3 is 1.69 bits per heavy atom. The van der Waals surface area contributed by atoms with Crippen molar-refractivity contribution in [3.8, 4) is 0 Å². The highest BCUT2D eigenvalue weighted by molar-refractivity contribution is 4.87. The zero-order valence-electron chi connectivity index (χ0n) is 12.6. The van der Waals surface area contributed by atoms with Crippen LogP contribution >= 0.6 is 0 Å². The fourth-order valence-electron chi connectivity index (χ4n) is 2.08. The second kappa shape index (κ2) is 5.05. The van der Waals surface area contributed by atoms with Crippen molar-refractivity contribution in [2.45, 2.75) is 73.4 Å². The summed E-state index contributed by atoms with van der Waals surface area (Å²) in [4.78, 5) is 0. The molecular weight excluding hydrogens is 196 g/mol. The van der Waals surface area contributed by atoms with Crippen LogP contribution in [0.1, 0.15) is 61.8 Å². The Hall–Kier alpha value is -0.0800. The third-order valence-electron chi connectivity index (χ3n) is 2.89. The standard InChI is InChI=1S/C14H32N2/c1-12(2,3)10-14(7,8)16-9-11(15)13(4,5)6/h11,16H,9-10,15H2,1-8H3. The van der Waals surface area contributed by atoms with E-state index < -0.39 is 0 Å². The normalized spacial score (nSPS) is 16.3. The number of rotatable bonds is 4. The van der Waals surface area contributed by atoms with Gasteiger partial charge < -0.3 is 11.1 Å². The first-order valence-electron chi connectivity index (χ1n) is 6.34. The van der Waals surface area contributed by atoms with Gasteiger partial charge in [0.2, 0.25) is 0 Å². The quantitative estimate of drug-likeness (QED) is 0.775. The maximum Gasteiger partial charge on any atom is 0.0214 e. The first kappa shape index (κ1) is 15.9. The van der Waals surface area contributed by atoms with Gasteiger partial charge in [0.15, 0.2) is 0 Å². The van der Waals surface area contributed by atoms with Crippen LogP contribution < -0.4 is 11.1 Å². The number of hydrogen-bond donors (Lipinski definition) is 2. The molecule has 2 nitrogen and oxygen atoms in total. The van der Waals surface area contributed by atoms with Crippen LogP contribution in [0.3, 0.4) is 0 Å². The highest BCUT2D eigenvalue weighted by Gasteiger charge is 2.27. The molecule has 0 bridgehead atoms. The SMILES string of the molecule is CC(C)(C)CC(C)(C)NCC(N)C(C)(C)C. The average molecular weight is 228 g/mol. The van der Waals surface area contributed by atoms with Crippen molar-refractivity contribution in [1.29, 1.82) is 0 Å². The maximum atomic E-state index is 6.16. The number of hydrogen-bond acceptors (Lipinski definition) is 2. The summed E-state index contributed by atoms with van der Waals surface area (Å²) in [6, 6.07) is 0.201. The molecule has 0 saturated heterocycles. The van der Waals surface area contributed by atoms with Crippen LogP contribution in [0.15, 0.2) is 0 Å². The summed E-state index contributed by atoms with van der Waals surface area (Å²) in [5.74, 6) is 0. The van der Waals surface area contributed by atoms with Crippen LogP contribution in [0.25, 0.3) is 0 Å². The van der Waals surface area contributed by atoms with Crippen LogP contribution in [0.5, 0.6) is 0 Å². The number of nitrogens with one attached hydrogen (secondary N) is 1. The summed E-state index contributed by atoms with van der Waals surface area (Å²) in [6.07, 6.45) is 1.15. The lowest BCUT2D eigenvalue weighted by atomic mass is 9.81. The molecule has 0 fully saturated rings. The van der Waals surface area contributed by atoms with Gasteiger partial charge in [-0.2, -0.15) is 0 Å². The van der Waals surface area contributed by atoms with Crippen LogP contribution in [0, 0.1) is 10.8 Å². The monoisotopic (exact) mass is 228 g/mol. The van der Waals surface area contributed by atoms with Crippen LogP contribution in [0.2, 0.25) is 0 Å². The summed E-state index contributed by atoms with van der Waals surface area (Å²) in [6.45, 7) is 18.8. The lowest BCUT2D eigenvalue weighted by Crippen LogP contribution is -2.51. The van der Waals surface area contributed by atoms with E-state index in [-0.39, 0.29) is 17.0 Å². The Kier molecular flexibility index (Phi) is 5.03. The Balaban J connectivity index is 4.19. The van der Waals surface area contributed by atoms with Crippen molar-refractivity contribution in [3.05, 3.63) is 0 Å². The van der Waals surface area contributed by atoms with E-state index in [2.05, 4.69) is 60.7 Å². The second-order valence-corrected chi connectivity index (χ2v) is 7.97. The molecule has 0 aliphatic heterocycles. The summed E-state index contributed by atoms with van der Waals surface area (Å²) in [5.41, 5.74) is 6.83.